The molecule has 10 heteroatoms. The van der Waals surface area contributed by atoms with E-state index in [1.165, 1.54) is 0 Å². The summed E-state index contributed by atoms with van der Waals surface area (Å²) in [6, 6.07) is 5.20. The number of piperidine rings is 1. The van der Waals surface area contributed by atoms with Gasteiger partial charge in [0.05, 0.1) is 13.5 Å². The second-order valence-electron chi connectivity index (χ2n) is 7.84. The Labute approximate surface area is 172 Å². The van der Waals surface area contributed by atoms with Gasteiger partial charge in [-0.2, -0.15) is 23.3 Å². The van der Waals surface area contributed by atoms with E-state index in [1.807, 2.05) is 12.1 Å². The minimum atomic E-state index is -4.40. The number of carbonyl (C=O) groups excluding carboxylic acids is 1. The highest BCUT2D eigenvalue weighted by Crippen LogP contribution is 2.40. The van der Waals surface area contributed by atoms with Crippen molar-refractivity contribution in [2.75, 3.05) is 25.5 Å². The quantitative estimate of drug-likeness (QED) is 0.819. The first-order chi connectivity index (χ1) is 14.3. The van der Waals surface area contributed by atoms with Crippen LogP contribution in [-0.2, 0) is 11.2 Å². The van der Waals surface area contributed by atoms with Crippen LogP contribution in [0.4, 0.5) is 19.1 Å². The van der Waals surface area contributed by atoms with E-state index in [2.05, 4.69) is 15.4 Å². The Hall–Kier alpha value is -2.78. The number of hydrogen-bond donors (Lipinski definition) is 1. The Bertz CT molecular complexity index is 883. The molecule has 1 saturated heterocycles. The maximum atomic E-state index is 13.5. The number of nitrogens with one attached hydrogen (secondary N) is 1. The summed E-state index contributed by atoms with van der Waals surface area (Å²) >= 11 is 0. The second kappa shape index (κ2) is 8.16. The average Bonchev–Trinajstić information content (AvgIpc) is 3.21. The minimum absolute atomic E-state index is 0.0174. The van der Waals surface area contributed by atoms with Gasteiger partial charge in [0.25, 0.3) is 0 Å². The third-order valence-corrected chi connectivity index (χ3v) is 5.93. The Morgan fingerprint density at radius 2 is 2.07 bits per heavy atom. The van der Waals surface area contributed by atoms with Crippen molar-refractivity contribution >= 4 is 11.9 Å². The predicted octanol–water partition coefficient (Wildman–Crippen LogP) is 3.06. The van der Waals surface area contributed by atoms with Gasteiger partial charge in [-0.1, -0.05) is 12.1 Å². The molecule has 3 atom stereocenters. The zero-order valence-electron chi connectivity index (χ0n) is 16.6. The van der Waals surface area contributed by atoms with E-state index in [0.717, 1.165) is 35.2 Å². The van der Waals surface area contributed by atoms with Crippen molar-refractivity contribution in [2.24, 2.45) is 5.92 Å². The van der Waals surface area contributed by atoms with Crippen molar-refractivity contribution in [3.8, 4) is 5.75 Å². The van der Waals surface area contributed by atoms with E-state index < -0.39 is 18.3 Å². The molecule has 4 rings (SSSR count). The maximum absolute atomic E-state index is 13.5. The van der Waals surface area contributed by atoms with E-state index in [0.29, 0.717) is 13.1 Å². The molecule has 2 aromatic rings. The number of alkyl halides is 3. The molecule has 3 heterocycles. The topological polar surface area (TPSA) is 72.3 Å². The number of anilines is 1. The van der Waals surface area contributed by atoms with Crippen LogP contribution >= 0.6 is 0 Å². The van der Waals surface area contributed by atoms with Gasteiger partial charge < -0.3 is 15.0 Å². The van der Waals surface area contributed by atoms with E-state index in [-0.39, 0.29) is 30.6 Å². The standard InChI is InChI=1S/C20H24F3N5O2/c1-30-15-6-4-13(5-7-15)9-18(29)27-8-2-3-14(11-27)16-10-17(20(21,22)23)28-19(26-16)24-12-25-28/h4-7,12,14,16-17H,2-3,8-11H2,1H3,(H,24,25,26)/t14?,16-,17+/m0/s1. The van der Waals surface area contributed by atoms with Gasteiger partial charge in [0.2, 0.25) is 11.9 Å². The van der Waals surface area contributed by atoms with Gasteiger partial charge in [0.15, 0.2) is 6.04 Å². The minimum Gasteiger partial charge on any atom is -0.497 e. The van der Waals surface area contributed by atoms with Crippen LogP contribution in [0, 0.1) is 5.92 Å². The van der Waals surface area contributed by atoms with Crippen LogP contribution in [0.2, 0.25) is 0 Å². The van der Waals surface area contributed by atoms with Crippen LogP contribution < -0.4 is 10.1 Å². The summed E-state index contributed by atoms with van der Waals surface area (Å²) in [7, 11) is 1.58. The van der Waals surface area contributed by atoms with E-state index in [1.54, 1.807) is 24.1 Å². The lowest BCUT2D eigenvalue weighted by atomic mass is 9.85. The number of likely N-dealkylation sites (tertiary alicyclic amines) is 1. The van der Waals surface area contributed by atoms with Gasteiger partial charge in [-0.15, -0.1) is 0 Å². The van der Waals surface area contributed by atoms with Crippen LogP contribution in [0.5, 0.6) is 5.75 Å². The van der Waals surface area contributed by atoms with Crippen LogP contribution in [0.25, 0.3) is 0 Å². The SMILES string of the molecule is COc1ccc(CC(=O)N2CCCC([C@@H]3C[C@H](C(F)(F)F)n4ncnc4N3)C2)cc1. The average molecular weight is 423 g/mol. The van der Waals surface area contributed by atoms with Crippen molar-refractivity contribution < 1.29 is 22.7 Å². The molecule has 1 aromatic heterocycles. The van der Waals surface area contributed by atoms with Crippen LogP contribution in [-0.4, -0.2) is 58.0 Å². The summed E-state index contributed by atoms with van der Waals surface area (Å²) in [5.74, 6) is 0.764. The van der Waals surface area contributed by atoms with Crippen molar-refractivity contribution in [3.63, 3.8) is 0 Å². The summed E-state index contributed by atoms with van der Waals surface area (Å²) in [4.78, 5) is 18.5. The fourth-order valence-electron chi connectivity index (χ4n) is 4.32. The normalized spacial score (nSPS) is 24.1. The number of nitrogens with zero attached hydrogens (tertiary/aromatic N) is 4. The number of aromatic nitrogens is 3. The fraction of sp³-hybridized carbons (Fsp3) is 0.550. The molecule has 2 aliphatic heterocycles. The third-order valence-electron chi connectivity index (χ3n) is 5.93. The highest BCUT2D eigenvalue weighted by Gasteiger charge is 2.48. The van der Waals surface area contributed by atoms with Gasteiger partial charge in [0, 0.05) is 19.1 Å². The molecule has 162 valence electrons. The maximum Gasteiger partial charge on any atom is 0.411 e. The molecule has 0 saturated carbocycles. The zero-order valence-corrected chi connectivity index (χ0v) is 16.6. The predicted molar refractivity (Wildman–Crippen MR) is 103 cm³/mol. The number of halogens is 3. The molecule has 0 radical (unpaired) electrons. The van der Waals surface area contributed by atoms with E-state index >= 15 is 0 Å². The summed E-state index contributed by atoms with van der Waals surface area (Å²) in [5, 5.41) is 6.84. The lowest BCUT2D eigenvalue weighted by Crippen LogP contribution is -2.49. The van der Waals surface area contributed by atoms with Gasteiger partial charge in [0.1, 0.15) is 12.1 Å². The molecule has 1 N–H and O–H groups in total. The number of carbonyl (C=O) groups is 1. The van der Waals surface area contributed by atoms with Crippen molar-refractivity contribution in [3.05, 3.63) is 36.2 Å². The summed E-state index contributed by atoms with van der Waals surface area (Å²) < 4.78 is 46.7. The third kappa shape index (κ3) is 4.22. The molecule has 1 fully saturated rings. The Kier molecular flexibility index (Phi) is 5.57. The molecule has 1 unspecified atom stereocenters. The first-order valence-corrected chi connectivity index (χ1v) is 9.98. The molecular formula is C20H24F3N5O2. The Morgan fingerprint density at radius 3 is 2.77 bits per heavy atom. The Balaban J connectivity index is 1.43. The van der Waals surface area contributed by atoms with E-state index in [9.17, 15) is 18.0 Å². The smallest absolute Gasteiger partial charge is 0.411 e. The highest BCUT2D eigenvalue weighted by atomic mass is 19.4. The van der Waals surface area contributed by atoms with Gasteiger partial charge in [-0.05, 0) is 42.9 Å². The van der Waals surface area contributed by atoms with E-state index in [4.69, 9.17) is 4.74 Å². The number of hydrogen-bond acceptors (Lipinski definition) is 5. The summed E-state index contributed by atoms with van der Waals surface area (Å²) in [6.45, 7) is 1.06. The Morgan fingerprint density at radius 1 is 1.30 bits per heavy atom. The summed E-state index contributed by atoms with van der Waals surface area (Å²) in [5.41, 5.74) is 0.879. The molecule has 30 heavy (non-hydrogen) atoms. The first kappa shape index (κ1) is 20.5. The second-order valence-corrected chi connectivity index (χ2v) is 7.84. The monoisotopic (exact) mass is 423 g/mol. The molecule has 2 aliphatic rings. The lowest BCUT2D eigenvalue weighted by molar-refractivity contribution is -0.175. The number of ether oxygens (including phenoxy) is 1. The molecule has 7 nitrogen and oxygen atoms in total. The lowest BCUT2D eigenvalue weighted by Gasteiger charge is -2.41. The molecule has 1 amide bonds. The van der Waals surface area contributed by atoms with Crippen LogP contribution in [0.1, 0.15) is 30.9 Å². The largest absolute Gasteiger partial charge is 0.497 e. The summed E-state index contributed by atoms with van der Waals surface area (Å²) in [6.07, 6.45) is -1.60. The van der Waals surface area contributed by atoms with Crippen molar-refractivity contribution in [1.82, 2.24) is 19.7 Å². The molecular weight excluding hydrogens is 399 g/mol. The fourth-order valence-corrected chi connectivity index (χ4v) is 4.32. The van der Waals surface area contributed by atoms with Crippen molar-refractivity contribution in [2.45, 2.75) is 43.9 Å². The number of fused-ring (bicyclic) bond motifs is 1. The van der Waals surface area contributed by atoms with Gasteiger partial charge in [-0.25, -0.2) is 4.68 Å². The highest BCUT2D eigenvalue weighted by molar-refractivity contribution is 5.79. The number of amides is 1. The van der Waals surface area contributed by atoms with Crippen LogP contribution in [0.15, 0.2) is 30.6 Å². The molecule has 0 bridgehead atoms. The number of methoxy groups -OCH3 is 1. The zero-order chi connectivity index (χ0) is 21.3. The first-order valence-electron chi connectivity index (χ1n) is 9.98. The van der Waals surface area contributed by atoms with Gasteiger partial charge in [-0.3, -0.25) is 4.79 Å². The molecule has 1 aromatic carbocycles. The van der Waals surface area contributed by atoms with Crippen LogP contribution in [0.3, 0.4) is 0 Å². The number of rotatable bonds is 4. The number of benzene rings is 1. The van der Waals surface area contributed by atoms with Gasteiger partial charge >= 0.3 is 6.18 Å². The van der Waals surface area contributed by atoms with Crippen molar-refractivity contribution in [1.29, 1.82) is 0 Å². The molecule has 0 aliphatic carbocycles. The molecule has 0 spiro atoms.